The van der Waals surface area contributed by atoms with Gasteiger partial charge in [0.1, 0.15) is 0 Å². The van der Waals surface area contributed by atoms with Gasteiger partial charge in [-0.1, -0.05) is 6.07 Å². The van der Waals surface area contributed by atoms with Crippen LogP contribution in [0.1, 0.15) is 6.42 Å². The number of pyridine rings is 2. The number of carbonyl (C=O) groups excluding carboxylic acids is 2. The van der Waals surface area contributed by atoms with Gasteiger partial charge >= 0.3 is 11.8 Å². The van der Waals surface area contributed by atoms with E-state index in [0.29, 0.717) is 48.3 Å². The zero-order valence-corrected chi connectivity index (χ0v) is 16.1. The van der Waals surface area contributed by atoms with Crippen LogP contribution in [-0.4, -0.2) is 63.7 Å². The number of methoxy groups -OCH3 is 1. The molecule has 1 aliphatic rings. The first kappa shape index (κ1) is 18.6. The van der Waals surface area contributed by atoms with Crippen LogP contribution in [0.5, 0.6) is 5.88 Å². The Kier molecular flexibility index (Phi) is 4.94. The predicted octanol–water partition coefficient (Wildman–Crippen LogP) is 1.53. The van der Waals surface area contributed by atoms with Gasteiger partial charge in [-0.15, -0.1) is 5.10 Å². The van der Waals surface area contributed by atoms with Crippen molar-refractivity contribution in [1.29, 1.82) is 0 Å². The lowest BCUT2D eigenvalue weighted by Gasteiger charge is -2.16. The largest absolute Gasteiger partial charge is 0.481 e. The molecule has 1 fully saturated rings. The SMILES string of the molecule is COc1ccc(-n2nc(N3CCCN(C)C(=O)C3=O)cc2-c2ccccn2)cn1. The maximum atomic E-state index is 12.7. The van der Waals surface area contributed by atoms with Crippen LogP contribution in [0.15, 0.2) is 48.8 Å². The summed E-state index contributed by atoms with van der Waals surface area (Å²) in [6.45, 7) is 0.936. The van der Waals surface area contributed by atoms with E-state index in [-0.39, 0.29) is 0 Å². The fourth-order valence-corrected chi connectivity index (χ4v) is 3.18. The van der Waals surface area contributed by atoms with Crippen molar-refractivity contribution in [2.24, 2.45) is 0 Å². The molecule has 0 spiro atoms. The minimum Gasteiger partial charge on any atom is -0.481 e. The van der Waals surface area contributed by atoms with Crippen molar-refractivity contribution in [3.63, 3.8) is 0 Å². The summed E-state index contributed by atoms with van der Waals surface area (Å²) in [4.78, 5) is 36.5. The van der Waals surface area contributed by atoms with Gasteiger partial charge in [-0.2, -0.15) is 0 Å². The monoisotopic (exact) mass is 392 g/mol. The Hall–Kier alpha value is -3.75. The molecule has 0 bridgehead atoms. The van der Waals surface area contributed by atoms with Gasteiger partial charge in [0, 0.05) is 38.5 Å². The normalized spacial score (nSPS) is 14.8. The Labute approximate surface area is 167 Å². The number of ether oxygens (including phenoxy) is 1. The average Bonchev–Trinajstić information content (AvgIpc) is 3.16. The molecule has 4 rings (SSSR count). The second-order valence-electron chi connectivity index (χ2n) is 6.61. The van der Waals surface area contributed by atoms with E-state index in [1.165, 1.54) is 9.80 Å². The van der Waals surface area contributed by atoms with Crippen LogP contribution in [0.2, 0.25) is 0 Å². The van der Waals surface area contributed by atoms with Gasteiger partial charge < -0.3 is 9.64 Å². The highest BCUT2D eigenvalue weighted by Crippen LogP contribution is 2.27. The number of aromatic nitrogens is 4. The van der Waals surface area contributed by atoms with Crippen molar-refractivity contribution in [3.05, 3.63) is 48.8 Å². The molecule has 3 aromatic rings. The molecule has 0 N–H and O–H groups in total. The fraction of sp³-hybridized carbons (Fsp3) is 0.250. The van der Waals surface area contributed by atoms with E-state index in [0.717, 1.165) is 0 Å². The van der Waals surface area contributed by atoms with Gasteiger partial charge in [0.15, 0.2) is 5.82 Å². The van der Waals surface area contributed by atoms with Crippen LogP contribution in [0.3, 0.4) is 0 Å². The molecule has 0 saturated carbocycles. The molecule has 3 aromatic heterocycles. The lowest BCUT2D eigenvalue weighted by molar-refractivity contribution is -0.142. The highest BCUT2D eigenvalue weighted by atomic mass is 16.5. The molecule has 1 saturated heterocycles. The first-order valence-electron chi connectivity index (χ1n) is 9.17. The molecule has 29 heavy (non-hydrogen) atoms. The summed E-state index contributed by atoms with van der Waals surface area (Å²) in [5.41, 5.74) is 2.06. The molecule has 1 aliphatic heterocycles. The number of rotatable bonds is 4. The van der Waals surface area contributed by atoms with Crippen LogP contribution in [-0.2, 0) is 9.59 Å². The summed E-state index contributed by atoms with van der Waals surface area (Å²) in [6, 6.07) is 10.9. The smallest absolute Gasteiger partial charge is 0.317 e. The molecule has 9 heteroatoms. The van der Waals surface area contributed by atoms with Crippen LogP contribution in [0, 0.1) is 0 Å². The highest BCUT2D eigenvalue weighted by molar-refractivity contribution is 6.40. The topological polar surface area (TPSA) is 93.5 Å². The molecule has 0 atom stereocenters. The molecular formula is C20H20N6O3. The van der Waals surface area contributed by atoms with E-state index in [9.17, 15) is 9.59 Å². The molecular weight excluding hydrogens is 372 g/mol. The summed E-state index contributed by atoms with van der Waals surface area (Å²) in [6.07, 6.45) is 3.99. The van der Waals surface area contributed by atoms with Gasteiger partial charge in [0.2, 0.25) is 5.88 Å². The maximum absolute atomic E-state index is 12.7. The fourth-order valence-electron chi connectivity index (χ4n) is 3.18. The Morgan fingerprint density at radius 3 is 2.59 bits per heavy atom. The van der Waals surface area contributed by atoms with Gasteiger partial charge in [0.25, 0.3) is 0 Å². The number of hydrogen-bond donors (Lipinski definition) is 0. The second kappa shape index (κ2) is 7.70. The van der Waals surface area contributed by atoms with Crippen molar-refractivity contribution in [2.45, 2.75) is 6.42 Å². The van der Waals surface area contributed by atoms with E-state index in [1.54, 1.807) is 43.4 Å². The quantitative estimate of drug-likeness (QED) is 0.625. The van der Waals surface area contributed by atoms with Gasteiger partial charge in [-0.25, -0.2) is 9.67 Å². The first-order chi connectivity index (χ1) is 14.1. The highest BCUT2D eigenvalue weighted by Gasteiger charge is 2.31. The standard InChI is InChI=1S/C20H20N6O3/c1-24-10-5-11-25(20(28)19(24)27)17-12-16(15-6-3-4-9-21-15)26(23-17)14-7-8-18(29-2)22-13-14/h3-4,6-9,12-13H,5,10-11H2,1-2H3. The Morgan fingerprint density at radius 1 is 1.03 bits per heavy atom. The number of hydrogen-bond acceptors (Lipinski definition) is 6. The summed E-state index contributed by atoms with van der Waals surface area (Å²) in [5, 5.41) is 4.62. The molecule has 4 heterocycles. The lowest BCUT2D eigenvalue weighted by Crippen LogP contribution is -2.40. The third-order valence-corrected chi connectivity index (χ3v) is 4.72. The molecule has 2 amide bonds. The zero-order valence-electron chi connectivity index (χ0n) is 16.1. The number of anilines is 1. The van der Waals surface area contributed by atoms with Crippen LogP contribution < -0.4 is 9.64 Å². The Balaban J connectivity index is 1.81. The predicted molar refractivity (Wildman–Crippen MR) is 106 cm³/mol. The molecule has 148 valence electrons. The number of nitrogens with zero attached hydrogens (tertiary/aromatic N) is 6. The van der Waals surface area contributed by atoms with E-state index in [2.05, 4.69) is 15.1 Å². The molecule has 0 aliphatic carbocycles. The average molecular weight is 392 g/mol. The summed E-state index contributed by atoms with van der Waals surface area (Å²) in [7, 11) is 3.18. The molecule has 0 unspecified atom stereocenters. The molecule has 9 nitrogen and oxygen atoms in total. The number of amides is 2. The Morgan fingerprint density at radius 2 is 1.90 bits per heavy atom. The first-order valence-corrected chi connectivity index (χ1v) is 9.17. The van der Waals surface area contributed by atoms with Gasteiger partial charge in [-0.05, 0) is 24.6 Å². The third-order valence-electron chi connectivity index (χ3n) is 4.72. The second-order valence-corrected chi connectivity index (χ2v) is 6.61. The van der Waals surface area contributed by atoms with Crippen LogP contribution in [0.25, 0.3) is 17.1 Å². The Bertz CT molecular complexity index is 1030. The zero-order chi connectivity index (χ0) is 20.4. The van der Waals surface area contributed by atoms with Gasteiger partial charge in [-0.3, -0.25) is 19.5 Å². The minimum absolute atomic E-state index is 0.398. The summed E-state index contributed by atoms with van der Waals surface area (Å²) >= 11 is 0. The summed E-state index contributed by atoms with van der Waals surface area (Å²) in [5.74, 6) is -0.246. The van der Waals surface area contributed by atoms with Crippen LogP contribution in [0.4, 0.5) is 5.82 Å². The van der Waals surface area contributed by atoms with Gasteiger partial charge in [0.05, 0.1) is 30.4 Å². The van der Waals surface area contributed by atoms with E-state index >= 15 is 0 Å². The van der Waals surface area contributed by atoms with E-state index in [4.69, 9.17) is 4.74 Å². The summed E-state index contributed by atoms with van der Waals surface area (Å²) < 4.78 is 6.79. The number of likely N-dealkylation sites (N-methyl/N-ethyl adjacent to an activating group) is 1. The van der Waals surface area contributed by atoms with Crippen molar-refractivity contribution in [2.75, 3.05) is 32.1 Å². The van der Waals surface area contributed by atoms with Crippen LogP contribution >= 0.6 is 0 Å². The third kappa shape index (κ3) is 3.54. The molecule has 0 aromatic carbocycles. The van der Waals surface area contributed by atoms with E-state index in [1.807, 2.05) is 24.3 Å². The van der Waals surface area contributed by atoms with Crippen molar-refractivity contribution in [3.8, 4) is 23.0 Å². The lowest BCUT2D eigenvalue weighted by atomic mass is 10.2. The number of carbonyl (C=O) groups is 2. The maximum Gasteiger partial charge on any atom is 0.317 e. The minimum atomic E-state index is -0.588. The molecule has 0 radical (unpaired) electrons. The van der Waals surface area contributed by atoms with Crippen molar-refractivity contribution >= 4 is 17.6 Å². The van der Waals surface area contributed by atoms with Crippen molar-refractivity contribution < 1.29 is 14.3 Å². The van der Waals surface area contributed by atoms with Crippen molar-refractivity contribution in [1.82, 2.24) is 24.6 Å². The van der Waals surface area contributed by atoms with E-state index < -0.39 is 11.8 Å².